The van der Waals surface area contributed by atoms with E-state index in [2.05, 4.69) is 5.10 Å². The number of aryl methyl sites for hydroxylation is 1. The summed E-state index contributed by atoms with van der Waals surface area (Å²) in [4.78, 5) is 21.8. The van der Waals surface area contributed by atoms with Crippen molar-refractivity contribution in [2.75, 3.05) is 5.88 Å². The van der Waals surface area contributed by atoms with Crippen LogP contribution in [0, 0.1) is 0 Å². The molecule has 0 saturated carbocycles. The van der Waals surface area contributed by atoms with Gasteiger partial charge in [0.05, 0.1) is 0 Å². The molecule has 0 amide bonds. The molecule has 0 aromatic carbocycles. The highest BCUT2D eigenvalue weighted by Crippen LogP contribution is 1.85. The maximum absolute atomic E-state index is 11.0. The Morgan fingerprint density at radius 3 is 2.83 bits per heavy atom. The zero-order valence-electron chi connectivity index (χ0n) is 6.42. The van der Waals surface area contributed by atoms with E-state index in [4.69, 9.17) is 11.6 Å². The van der Waals surface area contributed by atoms with Crippen molar-refractivity contribution in [1.29, 1.82) is 0 Å². The van der Waals surface area contributed by atoms with Crippen LogP contribution in [0.1, 0.15) is 6.42 Å². The van der Waals surface area contributed by atoms with Gasteiger partial charge < -0.3 is 0 Å². The predicted octanol–water partition coefficient (Wildman–Crippen LogP) is 0.166. The lowest BCUT2D eigenvalue weighted by atomic mass is 10.5. The van der Waals surface area contributed by atoms with Gasteiger partial charge >= 0.3 is 0 Å². The minimum absolute atomic E-state index is 0.209. The summed E-state index contributed by atoms with van der Waals surface area (Å²) in [5, 5.41) is 2.40. The van der Waals surface area contributed by atoms with Gasteiger partial charge in [0.2, 0.25) is 0 Å². The van der Waals surface area contributed by atoms with E-state index in [9.17, 15) is 9.59 Å². The van der Waals surface area contributed by atoms with E-state index >= 15 is 0 Å². The van der Waals surface area contributed by atoms with Crippen molar-refractivity contribution >= 4 is 11.6 Å². The Balaban J connectivity index is 2.90. The highest BCUT2D eigenvalue weighted by molar-refractivity contribution is 6.17. The van der Waals surface area contributed by atoms with E-state index < -0.39 is 0 Å². The maximum Gasteiger partial charge on any atom is 0.265 e. The maximum atomic E-state index is 11.0. The third-order valence-electron chi connectivity index (χ3n) is 1.40. The molecule has 12 heavy (non-hydrogen) atoms. The first-order chi connectivity index (χ1) is 5.74. The van der Waals surface area contributed by atoms with Crippen LogP contribution in [0.15, 0.2) is 21.7 Å². The van der Waals surface area contributed by atoms with E-state index in [1.807, 2.05) is 0 Å². The topological polar surface area (TPSA) is 54.9 Å². The van der Waals surface area contributed by atoms with Crippen molar-refractivity contribution in [3.63, 3.8) is 0 Å². The van der Waals surface area contributed by atoms with Gasteiger partial charge in [-0.05, 0) is 6.42 Å². The third-order valence-corrected chi connectivity index (χ3v) is 1.67. The van der Waals surface area contributed by atoms with Crippen molar-refractivity contribution in [2.24, 2.45) is 0 Å². The van der Waals surface area contributed by atoms with Gasteiger partial charge in [0.25, 0.3) is 11.1 Å². The fourth-order valence-corrected chi connectivity index (χ4v) is 0.966. The van der Waals surface area contributed by atoms with Crippen LogP contribution in [0.3, 0.4) is 0 Å². The van der Waals surface area contributed by atoms with Gasteiger partial charge in [-0.25, -0.2) is 0 Å². The highest BCUT2D eigenvalue weighted by Gasteiger charge is 1.94. The number of aromatic nitrogens is 2. The molecule has 1 aromatic heterocycles. The minimum atomic E-state index is -0.274. The molecule has 66 valence electrons. The van der Waals surface area contributed by atoms with Crippen molar-refractivity contribution < 1.29 is 0 Å². The molecule has 4 nitrogen and oxygen atoms in total. The van der Waals surface area contributed by atoms with E-state index in [1.54, 1.807) is 0 Å². The summed E-state index contributed by atoms with van der Waals surface area (Å²) in [5.41, 5.74) is -0.483. The average Bonchev–Trinajstić information content (AvgIpc) is 2.07. The van der Waals surface area contributed by atoms with Gasteiger partial charge in [-0.2, -0.15) is 0 Å². The van der Waals surface area contributed by atoms with Crippen molar-refractivity contribution in [3.8, 4) is 0 Å². The van der Waals surface area contributed by atoms with Gasteiger partial charge in [0.15, 0.2) is 0 Å². The molecule has 5 heteroatoms. The number of alkyl halides is 1. The van der Waals surface area contributed by atoms with Crippen LogP contribution in [0.2, 0.25) is 0 Å². The van der Waals surface area contributed by atoms with E-state index in [1.165, 1.54) is 16.8 Å². The van der Waals surface area contributed by atoms with Crippen LogP contribution in [-0.2, 0) is 6.54 Å². The van der Waals surface area contributed by atoms with Gasteiger partial charge in [0.1, 0.15) is 0 Å². The number of nitrogens with one attached hydrogen (secondary N) is 1. The normalized spacial score (nSPS) is 10.1. The summed E-state index contributed by atoms with van der Waals surface area (Å²) in [5.74, 6) is 0.476. The molecule has 0 saturated heterocycles. The zero-order chi connectivity index (χ0) is 8.97. The van der Waals surface area contributed by atoms with Crippen LogP contribution in [0.4, 0.5) is 0 Å². The third kappa shape index (κ3) is 2.23. The van der Waals surface area contributed by atoms with E-state index in [0.29, 0.717) is 18.8 Å². The molecule has 0 spiro atoms. The first kappa shape index (κ1) is 9.06. The van der Waals surface area contributed by atoms with Crippen LogP contribution >= 0.6 is 11.6 Å². The Morgan fingerprint density at radius 1 is 1.42 bits per heavy atom. The first-order valence-corrected chi connectivity index (χ1v) is 4.13. The Kier molecular flexibility index (Phi) is 3.10. The summed E-state index contributed by atoms with van der Waals surface area (Å²) >= 11 is 5.44. The molecule has 1 aromatic rings. The van der Waals surface area contributed by atoms with Crippen molar-refractivity contribution in [2.45, 2.75) is 13.0 Å². The first-order valence-electron chi connectivity index (χ1n) is 3.60. The number of hydrogen-bond acceptors (Lipinski definition) is 2. The number of H-pyrrole nitrogens is 1. The molecule has 1 N–H and O–H groups in total. The number of rotatable bonds is 3. The van der Waals surface area contributed by atoms with Crippen LogP contribution in [0.25, 0.3) is 0 Å². The van der Waals surface area contributed by atoms with E-state index in [0.717, 1.165) is 0 Å². The largest absolute Gasteiger partial charge is 0.268 e. The Bertz CT molecular complexity index is 355. The summed E-state index contributed by atoms with van der Waals surface area (Å²) in [6, 6.07) is 2.45. The summed E-state index contributed by atoms with van der Waals surface area (Å²) in [6.07, 6.45) is 0.668. The lowest BCUT2D eigenvalue weighted by Crippen LogP contribution is -2.28. The highest BCUT2D eigenvalue weighted by atomic mass is 35.5. The SMILES string of the molecule is O=c1ccc(=O)n(CCCCl)[nH]1. The number of halogens is 1. The molecule has 0 aliphatic rings. The van der Waals surface area contributed by atoms with Crippen LogP contribution in [0.5, 0.6) is 0 Å². The molecule has 1 rings (SSSR count). The Hall–Kier alpha value is -1.03. The zero-order valence-corrected chi connectivity index (χ0v) is 7.17. The fourth-order valence-electron chi connectivity index (χ4n) is 0.846. The van der Waals surface area contributed by atoms with E-state index in [-0.39, 0.29) is 11.1 Å². The number of nitrogens with zero attached hydrogens (tertiary/aromatic N) is 1. The predicted molar refractivity (Wildman–Crippen MR) is 46.7 cm³/mol. The summed E-state index contributed by atoms with van der Waals surface area (Å²) in [7, 11) is 0. The molecule has 0 aliphatic carbocycles. The molecule has 1 heterocycles. The molecule has 0 fully saturated rings. The standard InChI is InChI=1S/C7H9ClN2O2/c8-4-1-5-10-7(12)3-2-6(11)9-10/h2-3H,1,4-5H2,(H,9,11). The lowest BCUT2D eigenvalue weighted by molar-refractivity contribution is 0.562. The molecule has 0 unspecified atom stereocenters. The molecule has 0 aliphatic heterocycles. The van der Waals surface area contributed by atoms with Crippen molar-refractivity contribution in [1.82, 2.24) is 9.78 Å². The fraction of sp³-hybridized carbons (Fsp3) is 0.429. The molecule has 0 radical (unpaired) electrons. The minimum Gasteiger partial charge on any atom is -0.268 e. The van der Waals surface area contributed by atoms with Gasteiger partial charge in [0, 0.05) is 24.6 Å². The number of hydrogen-bond donors (Lipinski definition) is 1. The molecule has 0 atom stereocenters. The smallest absolute Gasteiger partial charge is 0.265 e. The lowest BCUT2D eigenvalue weighted by Gasteiger charge is -2.01. The Labute approximate surface area is 73.8 Å². The summed E-state index contributed by atoms with van der Waals surface area (Å²) in [6.45, 7) is 0.457. The van der Waals surface area contributed by atoms with Gasteiger partial charge in [-0.15, -0.1) is 11.6 Å². The van der Waals surface area contributed by atoms with Crippen LogP contribution in [-0.4, -0.2) is 15.7 Å². The Morgan fingerprint density at radius 2 is 2.17 bits per heavy atom. The second-order valence-corrected chi connectivity index (χ2v) is 2.72. The average molecular weight is 189 g/mol. The van der Waals surface area contributed by atoms with Gasteiger partial charge in [-0.1, -0.05) is 0 Å². The number of aromatic amines is 1. The quantitative estimate of drug-likeness (QED) is 0.688. The van der Waals surface area contributed by atoms with Crippen LogP contribution < -0.4 is 11.1 Å². The second-order valence-electron chi connectivity index (χ2n) is 2.34. The monoisotopic (exact) mass is 188 g/mol. The molecular weight excluding hydrogens is 180 g/mol. The van der Waals surface area contributed by atoms with Gasteiger partial charge in [-0.3, -0.25) is 19.4 Å². The van der Waals surface area contributed by atoms with Crippen molar-refractivity contribution in [3.05, 3.63) is 32.8 Å². The second kappa shape index (κ2) is 4.11. The molecular formula is C7H9ClN2O2. The summed E-state index contributed by atoms with van der Waals surface area (Å²) < 4.78 is 1.25. The molecule has 0 bridgehead atoms.